The number of nitrogens with two attached hydrogens (primary N) is 1. The second kappa shape index (κ2) is 6.50. The summed E-state index contributed by atoms with van der Waals surface area (Å²) in [7, 11) is -3.55. The third kappa shape index (κ3) is 2.84. The van der Waals surface area contributed by atoms with Gasteiger partial charge in [0.25, 0.3) is 0 Å². The van der Waals surface area contributed by atoms with E-state index in [-0.39, 0.29) is 23.3 Å². The van der Waals surface area contributed by atoms with Gasteiger partial charge in [0.15, 0.2) is 0 Å². The molecule has 0 saturated carbocycles. The minimum absolute atomic E-state index is 0. The second-order valence-electron chi connectivity index (χ2n) is 5.49. The molecule has 1 atom stereocenters. The molecule has 1 saturated heterocycles. The molecule has 120 valence electrons. The van der Waals surface area contributed by atoms with Gasteiger partial charge in [0.1, 0.15) is 4.90 Å². The number of nitrogens with zero attached hydrogens (tertiary/aromatic N) is 2. The van der Waals surface area contributed by atoms with Gasteiger partial charge in [-0.1, -0.05) is 12.1 Å². The number of pyridine rings is 1. The smallest absolute Gasteiger partial charge is 0.245 e. The van der Waals surface area contributed by atoms with Gasteiger partial charge in [-0.25, -0.2) is 8.42 Å². The molecule has 3 rings (SSSR count). The van der Waals surface area contributed by atoms with Gasteiger partial charge in [-0.15, -0.1) is 12.4 Å². The third-order valence-electron chi connectivity index (χ3n) is 3.99. The maximum absolute atomic E-state index is 12.9. The Bertz CT molecular complexity index is 779. The molecule has 1 unspecified atom stereocenters. The van der Waals surface area contributed by atoms with Crippen molar-refractivity contribution in [1.29, 1.82) is 0 Å². The standard InChI is InChI=1S/C15H19N3O2S.ClH/c1-11-8-12-4-2-6-14(15(12)17-10-11)21(19,20)18-7-3-5-13(18)9-16;/h2,4,6,8,10,13H,3,5,7,9,16H2,1H3;1H. The zero-order chi connectivity index (χ0) is 15.0. The van der Waals surface area contributed by atoms with Gasteiger partial charge in [0.05, 0.1) is 5.52 Å². The van der Waals surface area contributed by atoms with Crippen molar-refractivity contribution in [3.63, 3.8) is 0 Å². The van der Waals surface area contributed by atoms with E-state index in [2.05, 4.69) is 4.98 Å². The minimum atomic E-state index is -3.55. The van der Waals surface area contributed by atoms with Crippen LogP contribution in [0.25, 0.3) is 10.9 Å². The molecule has 7 heteroatoms. The predicted octanol–water partition coefficient (Wildman–Crippen LogP) is 2.08. The summed E-state index contributed by atoms with van der Waals surface area (Å²) in [5.74, 6) is 0. The molecule has 22 heavy (non-hydrogen) atoms. The Morgan fingerprint density at radius 2 is 2.18 bits per heavy atom. The molecule has 5 nitrogen and oxygen atoms in total. The van der Waals surface area contributed by atoms with Crippen molar-refractivity contribution in [2.45, 2.75) is 30.7 Å². The van der Waals surface area contributed by atoms with Crippen LogP contribution in [0.4, 0.5) is 0 Å². The maximum atomic E-state index is 12.9. The number of rotatable bonds is 3. The van der Waals surface area contributed by atoms with E-state index in [1.807, 2.05) is 19.1 Å². The SMILES string of the molecule is Cc1cnc2c(S(=O)(=O)N3CCCC3CN)cccc2c1.Cl. The molecule has 1 aliphatic heterocycles. The predicted molar refractivity (Wildman–Crippen MR) is 89.7 cm³/mol. The van der Waals surface area contributed by atoms with Gasteiger partial charge in [-0.2, -0.15) is 4.31 Å². The van der Waals surface area contributed by atoms with Gasteiger partial charge >= 0.3 is 0 Å². The average Bonchev–Trinajstić information content (AvgIpc) is 2.95. The van der Waals surface area contributed by atoms with Crippen LogP contribution in [-0.4, -0.2) is 36.8 Å². The highest BCUT2D eigenvalue weighted by Gasteiger charge is 2.35. The summed E-state index contributed by atoms with van der Waals surface area (Å²) < 4.78 is 27.4. The van der Waals surface area contributed by atoms with Crippen molar-refractivity contribution in [3.8, 4) is 0 Å². The largest absolute Gasteiger partial charge is 0.329 e. The summed E-state index contributed by atoms with van der Waals surface area (Å²) in [6.07, 6.45) is 3.39. The number of hydrogen-bond donors (Lipinski definition) is 1. The van der Waals surface area contributed by atoms with E-state index in [9.17, 15) is 8.42 Å². The van der Waals surface area contributed by atoms with E-state index in [1.165, 1.54) is 4.31 Å². The Hall–Kier alpha value is -1.21. The van der Waals surface area contributed by atoms with E-state index in [4.69, 9.17) is 5.73 Å². The zero-order valence-electron chi connectivity index (χ0n) is 12.4. The van der Waals surface area contributed by atoms with Crippen molar-refractivity contribution in [2.24, 2.45) is 5.73 Å². The third-order valence-corrected chi connectivity index (χ3v) is 5.98. The number of benzene rings is 1. The molecular formula is C15H20ClN3O2S. The Kier molecular flexibility index (Phi) is 5.07. The summed E-state index contributed by atoms with van der Waals surface area (Å²) in [6, 6.07) is 7.14. The summed E-state index contributed by atoms with van der Waals surface area (Å²) in [4.78, 5) is 4.61. The lowest BCUT2D eigenvalue weighted by atomic mass is 10.2. The molecule has 0 radical (unpaired) electrons. The summed E-state index contributed by atoms with van der Waals surface area (Å²) in [6.45, 7) is 2.83. The Balaban J connectivity index is 0.00000176. The van der Waals surface area contributed by atoms with Gasteiger partial charge < -0.3 is 5.73 Å². The van der Waals surface area contributed by atoms with Gasteiger partial charge in [-0.3, -0.25) is 4.98 Å². The molecule has 2 N–H and O–H groups in total. The number of aryl methyl sites for hydroxylation is 1. The van der Waals surface area contributed by atoms with E-state index in [0.29, 0.717) is 18.6 Å². The Morgan fingerprint density at radius 3 is 2.91 bits per heavy atom. The van der Waals surface area contributed by atoms with E-state index in [0.717, 1.165) is 23.8 Å². The highest BCUT2D eigenvalue weighted by molar-refractivity contribution is 7.89. The number of aromatic nitrogens is 1. The fourth-order valence-corrected chi connectivity index (χ4v) is 4.81. The van der Waals surface area contributed by atoms with E-state index >= 15 is 0 Å². The topological polar surface area (TPSA) is 76.3 Å². The minimum Gasteiger partial charge on any atom is -0.329 e. The molecule has 1 aliphatic rings. The average molecular weight is 342 g/mol. The monoisotopic (exact) mass is 341 g/mol. The lowest BCUT2D eigenvalue weighted by Gasteiger charge is -2.23. The van der Waals surface area contributed by atoms with Crippen LogP contribution in [0.3, 0.4) is 0 Å². The van der Waals surface area contributed by atoms with Crippen molar-refractivity contribution >= 4 is 33.3 Å². The van der Waals surface area contributed by atoms with Crippen LogP contribution in [0.15, 0.2) is 35.4 Å². The van der Waals surface area contributed by atoms with Gasteiger partial charge in [0, 0.05) is 30.7 Å². The molecule has 1 aromatic carbocycles. The van der Waals surface area contributed by atoms with Crippen LogP contribution in [0.5, 0.6) is 0 Å². The maximum Gasteiger partial charge on any atom is 0.245 e. The molecule has 0 amide bonds. The van der Waals surface area contributed by atoms with Crippen molar-refractivity contribution < 1.29 is 8.42 Å². The highest BCUT2D eigenvalue weighted by Crippen LogP contribution is 2.29. The number of para-hydroxylation sites is 1. The first-order valence-corrected chi connectivity index (χ1v) is 8.55. The first-order chi connectivity index (χ1) is 10.0. The van der Waals surface area contributed by atoms with Crippen LogP contribution < -0.4 is 5.73 Å². The molecule has 1 fully saturated rings. The van der Waals surface area contributed by atoms with Crippen LogP contribution in [0, 0.1) is 6.92 Å². The lowest BCUT2D eigenvalue weighted by molar-refractivity contribution is 0.393. The molecule has 2 aromatic rings. The fourth-order valence-electron chi connectivity index (χ4n) is 2.94. The lowest BCUT2D eigenvalue weighted by Crippen LogP contribution is -2.39. The van der Waals surface area contributed by atoms with Crippen LogP contribution >= 0.6 is 12.4 Å². The Morgan fingerprint density at radius 1 is 1.41 bits per heavy atom. The van der Waals surface area contributed by atoms with Crippen LogP contribution in [0.2, 0.25) is 0 Å². The fraction of sp³-hybridized carbons (Fsp3) is 0.400. The van der Waals surface area contributed by atoms with Crippen molar-refractivity contribution in [1.82, 2.24) is 9.29 Å². The zero-order valence-corrected chi connectivity index (χ0v) is 14.0. The van der Waals surface area contributed by atoms with E-state index < -0.39 is 10.0 Å². The summed E-state index contributed by atoms with van der Waals surface area (Å²) in [5.41, 5.74) is 7.25. The molecule has 1 aromatic heterocycles. The molecular weight excluding hydrogens is 322 g/mol. The molecule has 2 heterocycles. The van der Waals surface area contributed by atoms with E-state index in [1.54, 1.807) is 18.3 Å². The van der Waals surface area contributed by atoms with Crippen molar-refractivity contribution in [3.05, 3.63) is 36.0 Å². The molecule has 0 bridgehead atoms. The van der Waals surface area contributed by atoms with Crippen molar-refractivity contribution in [2.75, 3.05) is 13.1 Å². The van der Waals surface area contributed by atoms with Gasteiger partial charge in [0.2, 0.25) is 10.0 Å². The number of sulfonamides is 1. The summed E-state index contributed by atoms with van der Waals surface area (Å²) in [5, 5.41) is 0.847. The number of fused-ring (bicyclic) bond motifs is 1. The highest BCUT2D eigenvalue weighted by atomic mass is 35.5. The normalized spacial score (nSPS) is 19.3. The molecule has 0 aliphatic carbocycles. The first-order valence-electron chi connectivity index (χ1n) is 7.11. The number of halogens is 1. The number of hydrogen-bond acceptors (Lipinski definition) is 4. The van der Waals surface area contributed by atoms with Gasteiger partial charge in [-0.05, 0) is 37.5 Å². The Labute approximate surface area is 137 Å². The van der Waals surface area contributed by atoms with Crippen LogP contribution in [0.1, 0.15) is 18.4 Å². The van der Waals surface area contributed by atoms with Crippen LogP contribution in [-0.2, 0) is 10.0 Å². The molecule has 0 spiro atoms. The quantitative estimate of drug-likeness (QED) is 0.927. The second-order valence-corrected chi connectivity index (χ2v) is 7.35. The summed E-state index contributed by atoms with van der Waals surface area (Å²) >= 11 is 0. The first kappa shape index (κ1) is 17.1.